The second kappa shape index (κ2) is 11.0. The molecule has 31 heavy (non-hydrogen) atoms. The summed E-state index contributed by atoms with van der Waals surface area (Å²) >= 11 is 0.951. The van der Waals surface area contributed by atoms with Crippen molar-refractivity contribution in [3.05, 3.63) is 66.4 Å². The van der Waals surface area contributed by atoms with Gasteiger partial charge in [-0.3, -0.25) is 0 Å². The van der Waals surface area contributed by atoms with Gasteiger partial charge in [0.2, 0.25) is 5.95 Å². The molecule has 0 spiro atoms. The van der Waals surface area contributed by atoms with Crippen LogP contribution in [0.1, 0.15) is 38.2 Å². The van der Waals surface area contributed by atoms with E-state index in [0.29, 0.717) is 22.9 Å². The SMILES string of the molecule is CCCCCCOc1cccc(Nc2ncc(C(F)(F)F)c(Sc3ccccc3)n2)c1. The molecule has 1 aromatic heterocycles. The molecule has 0 aliphatic carbocycles. The lowest BCUT2D eigenvalue weighted by Gasteiger charge is -2.13. The van der Waals surface area contributed by atoms with Gasteiger partial charge >= 0.3 is 6.18 Å². The van der Waals surface area contributed by atoms with Gasteiger partial charge in [0, 0.05) is 22.8 Å². The van der Waals surface area contributed by atoms with Crippen LogP contribution in [0.4, 0.5) is 24.8 Å². The second-order valence-electron chi connectivity index (χ2n) is 6.89. The number of hydrogen-bond acceptors (Lipinski definition) is 5. The summed E-state index contributed by atoms with van der Waals surface area (Å²) in [5, 5.41) is 2.82. The van der Waals surface area contributed by atoms with E-state index in [4.69, 9.17) is 4.74 Å². The van der Waals surface area contributed by atoms with Gasteiger partial charge in [0.05, 0.1) is 6.61 Å². The average molecular weight is 448 g/mol. The number of halogens is 3. The Morgan fingerprint density at radius 2 is 1.81 bits per heavy atom. The van der Waals surface area contributed by atoms with Crippen LogP contribution in [0.5, 0.6) is 5.75 Å². The highest BCUT2D eigenvalue weighted by atomic mass is 32.2. The number of ether oxygens (including phenoxy) is 1. The molecule has 0 amide bonds. The maximum Gasteiger partial charge on any atom is 0.420 e. The Bertz CT molecular complexity index is 968. The fraction of sp³-hybridized carbons (Fsp3) is 0.304. The summed E-state index contributed by atoms with van der Waals surface area (Å²) in [4.78, 5) is 8.67. The van der Waals surface area contributed by atoms with Gasteiger partial charge in [-0.25, -0.2) is 9.97 Å². The maximum absolute atomic E-state index is 13.4. The monoisotopic (exact) mass is 447 g/mol. The van der Waals surface area contributed by atoms with Crippen molar-refractivity contribution in [2.24, 2.45) is 0 Å². The Labute approximate surface area is 184 Å². The topological polar surface area (TPSA) is 47.0 Å². The third-order valence-corrected chi connectivity index (χ3v) is 5.39. The molecule has 0 atom stereocenters. The summed E-state index contributed by atoms with van der Waals surface area (Å²) in [6, 6.07) is 16.0. The highest BCUT2D eigenvalue weighted by Crippen LogP contribution is 2.38. The lowest BCUT2D eigenvalue weighted by molar-refractivity contribution is -0.140. The first-order chi connectivity index (χ1) is 15.0. The summed E-state index contributed by atoms with van der Waals surface area (Å²) in [6.07, 6.45) is 0.718. The van der Waals surface area contributed by atoms with E-state index in [1.165, 1.54) is 6.42 Å². The minimum atomic E-state index is -4.54. The van der Waals surface area contributed by atoms with Gasteiger partial charge in [-0.1, -0.05) is 62.2 Å². The van der Waals surface area contributed by atoms with Gasteiger partial charge in [-0.05, 0) is 30.7 Å². The van der Waals surface area contributed by atoms with E-state index >= 15 is 0 Å². The van der Waals surface area contributed by atoms with Crippen molar-refractivity contribution in [3.63, 3.8) is 0 Å². The molecule has 4 nitrogen and oxygen atoms in total. The van der Waals surface area contributed by atoms with Gasteiger partial charge < -0.3 is 10.1 Å². The van der Waals surface area contributed by atoms with Crippen molar-refractivity contribution in [3.8, 4) is 5.75 Å². The van der Waals surface area contributed by atoms with Crippen molar-refractivity contribution in [1.82, 2.24) is 9.97 Å². The fourth-order valence-corrected chi connectivity index (χ4v) is 3.74. The molecule has 0 unspecified atom stereocenters. The van der Waals surface area contributed by atoms with E-state index in [0.717, 1.165) is 37.2 Å². The zero-order valence-electron chi connectivity index (χ0n) is 17.2. The molecule has 0 saturated carbocycles. The molecule has 1 N–H and O–H groups in total. The van der Waals surface area contributed by atoms with Crippen LogP contribution in [-0.4, -0.2) is 16.6 Å². The van der Waals surface area contributed by atoms with Crippen LogP contribution in [0.15, 0.2) is 70.7 Å². The summed E-state index contributed by atoms with van der Waals surface area (Å²) < 4.78 is 46.0. The van der Waals surface area contributed by atoms with Crippen LogP contribution in [0.25, 0.3) is 0 Å². The van der Waals surface area contributed by atoms with Crippen molar-refractivity contribution < 1.29 is 17.9 Å². The normalized spacial score (nSPS) is 11.4. The third-order valence-electron chi connectivity index (χ3n) is 4.37. The standard InChI is InChI=1S/C23H24F3N3OS/c1-2-3-4-8-14-30-18-11-9-10-17(15-18)28-22-27-16-20(23(24,25)26)21(29-22)31-19-12-6-5-7-13-19/h5-7,9-13,15-16H,2-4,8,14H2,1H3,(H,27,28,29). The second-order valence-corrected chi connectivity index (χ2v) is 7.95. The Balaban J connectivity index is 1.74. The molecule has 2 aromatic carbocycles. The Kier molecular flexibility index (Phi) is 8.17. The molecule has 0 radical (unpaired) electrons. The number of unbranched alkanes of at least 4 members (excludes halogenated alkanes) is 3. The molecule has 164 valence electrons. The van der Waals surface area contributed by atoms with Crippen LogP contribution in [0.2, 0.25) is 0 Å². The highest BCUT2D eigenvalue weighted by molar-refractivity contribution is 7.99. The van der Waals surface area contributed by atoms with Gasteiger partial charge in [-0.2, -0.15) is 13.2 Å². The molecule has 0 saturated heterocycles. The molecule has 0 fully saturated rings. The minimum Gasteiger partial charge on any atom is -0.494 e. The van der Waals surface area contributed by atoms with Gasteiger partial charge in [0.15, 0.2) is 0 Å². The molecule has 8 heteroatoms. The number of alkyl halides is 3. The maximum atomic E-state index is 13.4. The molecular formula is C23H24F3N3OS. The van der Waals surface area contributed by atoms with E-state index in [2.05, 4.69) is 22.2 Å². The van der Waals surface area contributed by atoms with Crippen LogP contribution < -0.4 is 10.1 Å². The minimum absolute atomic E-state index is 0.0894. The molecular weight excluding hydrogens is 423 g/mol. The number of aromatic nitrogens is 2. The van der Waals surface area contributed by atoms with Crippen molar-refractivity contribution >= 4 is 23.4 Å². The number of nitrogens with one attached hydrogen (secondary N) is 1. The van der Waals surface area contributed by atoms with E-state index in [1.807, 2.05) is 12.1 Å². The summed E-state index contributed by atoms with van der Waals surface area (Å²) in [5.41, 5.74) is -0.224. The van der Waals surface area contributed by atoms with Crippen molar-refractivity contribution in [2.75, 3.05) is 11.9 Å². The zero-order chi connectivity index (χ0) is 22.1. The molecule has 1 heterocycles. The van der Waals surface area contributed by atoms with E-state index in [1.54, 1.807) is 42.5 Å². The van der Waals surface area contributed by atoms with Crippen molar-refractivity contribution in [1.29, 1.82) is 0 Å². The van der Waals surface area contributed by atoms with Gasteiger partial charge in [0.25, 0.3) is 0 Å². The number of hydrogen-bond donors (Lipinski definition) is 1. The predicted molar refractivity (Wildman–Crippen MR) is 117 cm³/mol. The first-order valence-corrected chi connectivity index (χ1v) is 10.9. The zero-order valence-corrected chi connectivity index (χ0v) is 18.0. The molecule has 0 bridgehead atoms. The van der Waals surface area contributed by atoms with Crippen LogP contribution in [0, 0.1) is 0 Å². The lowest BCUT2D eigenvalue weighted by atomic mass is 10.2. The predicted octanol–water partition coefficient (Wildman–Crippen LogP) is 7.35. The first kappa shape index (κ1) is 22.9. The molecule has 3 aromatic rings. The largest absolute Gasteiger partial charge is 0.494 e. The van der Waals surface area contributed by atoms with Crippen LogP contribution >= 0.6 is 11.8 Å². The quantitative estimate of drug-likeness (QED) is 0.260. The first-order valence-electron chi connectivity index (χ1n) is 10.1. The third kappa shape index (κ3) is 7.17. The number of nitrogens with zero attached hydrogens (tertiary/aromatic N) is 2. The van der Waals surface area contributed by atoms with E-state index < -0.39 is 11.7 Å². The highest BCUT2D eigenvalue weighted by Gasteiger charge is 2.35. The number of rotatable bonds is 10. The van der Waals surface area contributed by atoms with E-state index in [-0.39, 0.29) is 11.0 Å². The Morgan fingerprint density at radius 1 is 1.00 bits per heavy atom. The smallest absolute Gasteiger partial charge is 0.420 e. The Hall–Kier alpha value is -2.74. The summed E-state index contributed by atoms with van der Waals surface area (Å²) in [5.74, 6) is 0.777. The van der Waals surface area contributed by atoms with Crippen LogP contribution in [0.3, 0.4) is 0 Å². The lowest BCUT2D eigenvalue weighted by Crippen LogP contribution is -2.10. The van der Waals surface area contributed by atoms with Gasteiger partial charge in [0.1, 0.15) is 16.3 Å². The molecule has 0 aliphatic rings. The van der Waals surface area contributed by atoms with E-state index in [9.17, 15) is 13.2 Å². The fourth-order valence-electron chi connectivity index (χ4n) is 2.81. The summed E-state index contributed by atoms with van der Waals surface area (Å²) in [7, 11) is 0. The van der Waals surface area contributed by atoms with Gasteiger partial charge in [-0.15, -0.1) is 0 Å². The molecule has 0 aliphatic heterocycles. The van der Waals surface area contributed by atoms with Crippen molar-refractivity contribution in [2.45, 2.75) is 48.7 Å². The average Bonchev–Trinajstić information content (AvgIpc) is 2.74. The van der Waals surface area contributed by atoms with Crippen LogP contribution in [-0.2, 0) is 6.18 Å². The Morgan fingerprint density at radius 3 is 2.55 bits per heavy atom. The number of benzene rings is 2. The molecule has 3 rings (SSSR count). The summed E-state index contributed by atoms with van der Waals surface area (Å²) in [6.45, 7) is 2.78. The number of anilines is 2.